The van der Waals surface area contributed by atoms with Gasteiger partial charge in [-0.15, -0.1) is 0 Å². The van der Waals surface area contributed by atoms with Crippen molar-refractivity contribution in [3.63, 3.8) is 0 Å². The second kappa shape index (κ2) is 11.0. The van der Waals surface area contributed by atoms with Crippen molar-refractivity contribution in [1.82, 2.24) is 15.2 Å². The summed E-state index contributed by atoms with van der Waals surface area (Å²) in [7, 11) is 5.57. The minimum Gasteiger partial charge on any atom is -0.492 e. The van der Waals surface area contributed by atoms with E-state index in [1.165, 1.54) is 6.20 Å². The minimum absolute atomic E-state index is 0.0483. The Balaban J connectivity index is 1.40. The molecule has 0 unspecified atom stereocenters. The minimum atomic E-state index is -0.274. The van der Waals surface area contributed by atoms with Crippen molar-refractivity contribution >= 4 is 17.5 Å². The molecule has 0 bridgehead atoms. The van der Waals surface area contributed by atoms with E-state index in [1.54, 1.807) is 19.2 Å². The van der Waals surface area contributed by atoms with Gasteiger partial charge in [0.05, 0.1) is 6.42 Å². The van der Waals surface area contributed by atoms with Crippen LogP contribution >= 0.6 is 0 Å². The van der Waals surface area contributed by atoms with Crippen LogP contribution < -0.4 is 19.7 Å². The first-order chi connectivity index (χ1) is 16.9. The van der Waals surface area contributed by atoms with Crippen molar-refractivity contribution in [3.05, 3.63) is 77.6 Å². The summed E-state index contributed by atoms with van der Waals surface area (Å²) < 4.78 is 11.8. The standard InChI is InChI=1S/C27H30N4O4/c1-28-27(33)24-18-23(9-11-29-24)35-22-7-8-25-20(17-22)10-12-31(25)26(32)16-19-5-4-6-21(15-19)34-14-13-30(2)3/h4-9,11,15,17-18H,10,12-14,16H2,1-3H3,(H,28,33). The number of benzene rings is 2. The largest absolute Gasteiger partial charge is 0.492 e. The summed E-state index contributed by atoms with van der Waals surface area (Å²) in [5.74, 6) is 1.72. The van der Waals surface area contributed by atoms with Crippen LogP contribution in [0, 0.1) is 0 Å². The fourth-order valence-corrected chi connectivity index (χ4v) is 3.93. The van der Waals surface area contributed by atoms with Crippen LogP contribution in [-0.4, -0.2) is 62.5 Å². The number of pyridine rings is 1. The molecule has 35 heavy (non-hydrogen) atoms. The van der Waals surface area contributed by atoms with Gasteiger partial charge in [0.25, 0.3) is 5.91 Å². The summed E-state index contributed by atoms with van der Waals surface area (Å²) in [5.41, 5.74) is 3.17. The molecule has 0 saturated heterocycles. The molecule has 0 spiro atoms. The number of nitrogens with one attached hydrogen (secondary N) is 1. The molecule has 1 aliphatic rings. The molecule has 1 aliphatic heterocycles. The maximum Gasteiger partial charge on any atom is 0.269 e. The van der Waals surface area contributed by atoms with Crippen LogP contribution in [0.4, 0.5) is 5.69 Å². The lowest BCUT2D eigenvalue weighted by Gasteiger charge is -2.18. The average Bonchev–Trinajstić information content (AvgIpc) is 3.27. The Hall–Kier alpha value is -3.91. The lowest BCUT2D eigenvalue weighted by molar-refractivity contribution is -0.117. The van der Waals surface area contributed by atoms with E-state index in [4.69, 9.17) is 9.47 Å². The second-order valence-electron chi connectivity index (χ2n) is 8.62. The van der Waals surface area contributed by atoms with Crippen LogP contribution in [0.5, 0.6) is 17.2 Å². The number of hydrogen-bond acceptors (Lipinski definition) is 6. The molecule has 2 heterocycles. The summed E-state index contributed by atoms with van der Waals surface area (Å²) in [6.07, 6.45) is 2.60. The van der Waals surface area contributed by atoms with E-state index in [0.29, 0.717) is 31.1 Å². The van der Waals surface area contributed by atoms with Gasteiger partial charge in [-0.1, -0.05) is 12.1 Å². The van der Waals surface area contributed by atoms with Crippen molar-refractivity contribution < 1.29 is 19.1 Å². The molecule has 1 aromatic heterocycles. The number of carbonyl (C=O) groups is 2. The molecule has 0 fully saturated rings. The van der Waals surface area contributed by atoms with Crippen LogP contribution in [0.15, 0.2) is 60.8 Å². The fraction of sp³-hybridized carbons (Fsp3) is 0.296. The van der Waals surface area contributed by atoms with Crippen molar-refractivity contribution in [2.24, 2.45) is 0 Å². The number of carbonyl (C=O) groups excluding carboxylic acids is 2. The molecular formula is C27H30N4O4. The molecule has 1 N–H and O–H groups in total. The highest BCUT2D eigenvalue weighted by Gasteiger charge is 2.25. The van der Waals surface area contributed by atoms with E-state index in [9.17, 15) is 9.59 Å². The summed E-state index contributed by atoms with van der Waals surface area (Å²) in [6.45, 7) is 2.06. The Morgan fingerprint density at radius 2 is 1.89 bits per heavy atom. The Morgan fingerprint density at radius 1 is 1.06 bits per heavy atom. The zero-order valence-corrected chi connectivity index (χ0v) is 20.3. The number of amides is 2. The van der Waals surface area contributed by atoms with Gasteiger partial charge in [-0.05, 0) is 68.0 Å². The van der Waals surface area contributed by atoms with Gasteiger partial charge in [0, 0.05) is 38.1 Å². The molecule has 0 saturated carbocycles. The first kappa shape index (κ1) is 24.2. The normalized spacial score (nSPS) is 12.4. The zero-order chi connectivity index (χ0) is 24.8. The van der Waals surface area contributed by atoms with Crippen molar-refractivity contribution in [1.29, 1.82) is 0 Å². The predicted molar refractivity (Wildman–Crippen MR) is 134 cm³/mol. The van der Waals surface area contributed by atoms with E-state index < -0.39 is 0 Å². The molecule has 8 heteroatoms. The molecule has 4 rings (SSSR count). The quantitative estimate of drug-likeness (QED) is 0.512. The predicted octanol–water partition coefficient (Wildman–Crippen LogP) is 3.31. The van der Waals surface area contributed by atoms with Gasteiger partial charge in [-0.2, -0.15) is 0 Å². The van der Waals surface area contributed by atoms with Crippen LogP contribution in [-0.2, 0) is 17.6 Å². The summed E-state index contributed by atoms with van der Waals surface area (Å²) in [5, 5.41) is 2.55. The van der Waals surface area contributed by atoms with Gasteiger partial charge in [0.2, 0.25) is 5.91 Å². The number of anilines is 1. The Labute approximate surface area is 205 Å². The fourth-order valence-electron chi connectivity index (χ4n) is 3.93. The van der Waals surface area contributed by atoms with E-state index >= 15 is 0 Å². The van der Waals surface area contributed by atoms with Gasteiger partial charge < -0.3 is 24.6 Å². The number of fused-ring (bicyclic) bond motifs is 1. The number of ether oxygens (including phenoxy) is 2. The Kier molecular flexibility index (Phi) is 7.62. The van der Waals surface area contributed by atoms with Gasteiger partial charge in [0.1, 0.15) is 29.5 Å². The van der Waals surface area contributed by atoms with E-state index in [-0.39, 0.29) is 17.5 Å². The van der Waals surface area contributed by atoms with Crippen molar-refractivity contribution in [3.8, 4) is 17.2 Å². The van der Waals surface area contributed by atoms with Crippen molar-refractivity contribution in [2.75, 3.05) is 45.7 Å². The number of hydrogen-bond donors (Lipinski definition) is 1. The Bertz CT molecular complexity index is 1210. The third-order valence-electron chi connectivity index (χ3n) is 5.74. The number of rotatable bonds is 9. The van der Waals surface area contributed by atoms with Crippen LogP contribution in [0.2, 0.25) is 0 Å². The third kappa shape index (κ3) is 6.16. The number of nitrogens with zero attached hydrogens (tertiary/aromatic N) is 3. The van der Waals surface area contributed by atoms with Crippen LogP contribution in [0.1, 0.15) is 21.6 Å². The van der Waals surface area contributed by atoms with Gasteiger partial charge in [-0.3, -0.25) is 14.6 Å². The summed E-state index contributed by atoms with van der Waals surface area (Å²) in [6, 6.07) is 16.7. The monoisotopic (exact) mass is 474 g/mol. The van der Waals surface area contributed by atoms with Crippen LogP contribution in [0.25, 0.3) is 0 Å². The van der Waals surface area contributed by atoms with Gasteiger partial charge >= 0.3 is 0 Å². The van der Waals surface area contributed by atoms with Gasteiger partial charge in [0.15, 0.2) is 0 Å². The molecule has 0 radical (unpaired) electrons. The molecule has 2 amide bonds. The molecule has 0 aliphatic carbocycles. The molecule has 0 atom stereocenters. The first-order valence-corrected chi connectivity index (χ1v) is 11.6. The lowest BCUT2D eigenvalue weighted by Crippen LogP contribution is -2.30. The molecule has 182 valence electrons. The van der Waals surface area contributed by atoms with Crippen LogP contribution in [0.3, 0.4) is 0 Å². The van der Waals surface area contributed by atoms with E-state index in [1.807, 2.05) is 61.5 Å². The topological polar surface area (TPSA) is 84.0 Å². The van der Waals surface area contributed by atoms with Gasteiger partial charge in [-0.25, -0.2) is 0 Å². The molecule has 8 nitrogen and oxygen atoms in total. The highest BCUT2D eigenvalue weighted by Crippen LogP contribution is 2.33. The van der Waals surface area contributed by atoms with E-state index in [0.717, 1.165) is 35.5 Å². The average molecular weight is 475 g/mol. The number of likely N-dealkylation sites (N-methyl/N-ethyl adjacent to an activating group) is 1. The first-order valence-electron chi connectivity index (χ1n) is 11.6. The highest BCUT2D eigenvalue weighted by atomic mass is 16.5. The lowest BCUT2D eigenvalue weighted by atomic mass is 10.1. The zero-order valence-electron chi connectivity index (χ0n) is 20.3. The number of aromatic nitrogens is 1. The second-order valence-corrected chi connectivity index (χ2v) is 8.62. The molecular weight excluding hydrogens is 444 g/mol. The smallest absolute Gasteiger partial charge is 0.269 e. The van der Waals surface area contributed by atoms with Crippen molar-refractivity contribution in [2.45, 2.75) is 12.8 Å². The highest BCUT2D eigenvalue weighted by molar-refractivity contribution is 5.97. The summed E-state index contributed by atoms with van der Waals surface area (Å²) >= 11 is 0. The SMILES string of the molecule is CNC(=O)c1cc(Oc2ccc3c(c2)CCN3C(=O)Cc2cccc(OCCN(C)C)c2)ccn1. The molecule has 3 aromatic rings. The maximum absolute atomic E-state index is 13.1. The molecule has 2 aromatic carbocycles. The Morgan fingerprint density at radius 3 is 2.69 bits per heavy atom. The maximum atomic E-state index is 13.1. The third-order valence-corrected chi connectivity index (χ3v) is 5.74. The van der Waals surface area contributed by atoms with E-state index in [2.05, 4.69) is 15.2 Å². The summed E-state index contributed by atoms with van der Waals surface area (Å²) in [4.78, 5) is 32.9.